The van der Waals surface area contributed by atoms with Crippen LogP contribution in [-0.2, 0) is 4.74 Å². The van der Waals surface area contributed by atoms with Crippen LogP contribution in [0.3, 0.4) is 0 Å². The average Bonchev–Trinajstić information content (AvgIpc) is 3.06. The summed E-state index contributed by atoms with van der Waals surface area (Å²) in [4.78, 5) is 12.4. The van der Waals surface area contributed by atoms with Crippen LogP contribution < -0.4 is 4.43 Å². The highest BCUT2D eigenvalue weighted by molar-refractivity contribution is 6.74. The minimum atomic E-state index is -2.10. The Hall–Kier alpha value is -2.53. The van der Waals surface area contributed by atoms with Gasteiger partial charge in [-0.1, -0.05) is 51.1 Å². The SMILES string of the molecule is CCOC(=O)c1cc(O[Si](C)(C)C(C)(C)C)c2cc(-c3ccccc3)oc2c1. The van der Waals surface area contributed by atoms with Crippen molar-refractivity contribution in [3.8, 4) is 17.1 Å². The Morgan fingerprint density at radius 2 is 1.75 bits per heavy atom. The average molecular weight is 397 g/mol. The second-order valence-corrected chi connectivity index (χ2v) is 13.2. The zero-order chi connectivity index (χ0) is 20.5. The molecule has 0 radical (unpaired) electrons. The van der Waals surface area contributed by atoms with Crippen LogP contribution >= 0.6 is 0 Å². The highest BCUT2D eigenvalue weighted by Crippen LogP contribution is 2.41. The third-order valence-electron chi connectivity index (χ3n) is 5.34. The quantitative estimate of drug-likeness (QED) is 0.357. The number of rotatable bonds is 5. The van der Waals surface area contributed by atoms with Crippen molar-refractivity contribution < 1.29 is 18.4 Å². The lowest BCUT2D eigenvalue weighted by molar-refractivity contribution is 0.0526. The fourth-order valence-electron chi connectivity index (χ4n) is 2.70. The number of hydrogen-bond donors (Lipinski definition) is 0. The van der Waals surface area contributed by atoms with Gasteiger partial charge in [0.05, 0.1) is 17.6 Å². The van der Waals surface area contributed by atoms with Gasteiger partial charge in [0.25, 0.3) is 8.32 Å². The zero-order valence-corrected chi connectivity index (χ0v) is 18.5. The molecule has 0 bridgehead atoms. The summed E-state index contributed by atoms with van der Waals surface area (Å²) in [6.45, 7) is 13.1. The van der Waals surface area contributed by atoms with Crippen molar-refractivity contribution >= 4 is 25.3 Å². The van der Waals surface area contributed by atoms with E-state index in [2.05, 4.69) is 33.9 Å². The lowest BCUT2D eigenvalue weighted by Crippen LogP contribution is -2.43. The molecule has 3 aromatic rings. The first-order valence-electron chi connectivity index (χ1n) is 9.61. The topological polar surface area (TPSA) is 48.7 Å². The molecule has 1 aromatic heterocycles. The molecule has 0 unspecified atom stereocenters. The molecular weight excluding hydrogens is 368 g/mol. The molecule has 0 atom stereocenters. The van der Waals surface area contributed by atoms with Crippen molar-refractivity contribution in [2.75, 3.05) is 6.61 Å². The van der Waals surface area contributed by atoms with Gasteiger partial charge in [-0.25, -0.2) is 4.79 Å². The molecule has 0 saturated carbocycles. The van der Waals surface area contributed by atoms with Crippen molar-refractivity contribution in [1.82, 2.24) is 0 Å². The number of ether oxygens (including phenoxy) is 1. The van der Waals surface area contributed by atoms with Gasteiger partial charge >= 0.3 is 5.97 Å². The minimum Gasteiger partial charge on any atom is -0.543 e. The molecule has 3 rings (SSSR count). The summed E-state index contributed by atoms with van der Waals surface area (Å²) in [6.07, 6.45) is 0. The van der Waals surface area contributed by atoms with Crippen LogP contribution in [0, 0.1) is 0 Å². The Labute approximate surface area is 167 Å². The molecule has 0 aliphatic heterocycles. The van der Waals surface area contributed by atoms with Crippen molar-refractivity contribution in [1.29, 1.82) is 0 Å². The van der Waals surface area contributed by atoms with Gasteiger partial charge in [-0.05, 0) is 43.3 Å². The molecule has 5 heteroatoms. The van der Waals surface area contributed by atoms with Gasteiger partial charge in [0.2, 0.25) is 0 Å². The largest absolute Gasteiger partial charge is 0.543 e. The predicted molar refractivity (Wildman–Crippen MR) is 115 cm³/mol. The van der Waals surface area contributed by atoms with E-state index in [0.717, 1.165) is 16.7 Å². The van der Waals surface area contributed by atoms with Crippen LogP contribution in [0.4, 0.5) is 0 Å². The van der Waals surface area contributed by atoms with Crippen molar-refractivity contribution in [3.05, 3.63) is 54.1 Å². The standard InChI is InChI=1S/C23H28O4Si/c1-7-25-22(24)17-13-20-18(15-19(26-20)16-11-9-8-10-12-16)21(14-17)27-28(5,6)23(2,3)4/h8-15H,7H2,1-6H3. The van der Waals surface area contributed by atoms with E-state index in [0.29, 0.717) is 23.5 Å². The van der Waals surface area contributed by atoms with E-state index >= 15 is 0 Å². The van der Waals surface area contributed by atoms with Gasteiger partial charge in [-0.3, -0.25) is 0 Å². The van der Waals surface area contributed by atoms with Crippen molar-refractivity contribution in [3.63, 3.8) is 0 Å². The second kappa shape index (κ2) is 7.47. The van der Waals surface area contributed by atoms with E-state index in [1.54, 1.807) is 19.1 Å². The van der Waals surface area contributed by atoms with Gasteiger partial charge in [-0.2, -0.15) is 0 Å². The van der Waals surface area contributed by atoms with Crippen molar-refractivity contribution in [2.24, 2.45) is 0 Å². The Kier molecular flexibility index (Phi) is 5.39. The smallest absolute Gasteiger partial charge is 0.338 e. The minimum absolute atomic E-state index is 0.0330. The normalized spacial score (nSPS) is 12.2. The monoisotopic (exact) mass is 396 g/mol. The Morgan fingerprint density at radius 3 is 2.36 bits per heavy atom. The van der Waals surface area contributed by atoms with Crippen LogP contribution in [-0.4, -0.2) is 20.9 Å². The lowest BCUT2D eigenvalue weighted by Gasteiger charge is -2.36. The first-order valence-corrected chi connectivity index (χ1v) is 12.5. The maximum atomic E-state index is 12.4. The molecule has 2 aromatic carbocycles. The van der Waals surface area contributed by atoms with E-state index in [1.807, 2.05) is 36.4 Å². The van der Waals surface area contributed by atoms with Crippen LogP contribution in [0.5, 0.6) is 5.75 Å². The third kappa shape index (κ3) is 3.99. The first-order chi connectivity index (χ1) is 13.1. The number of esters is 1. The number of carbonyl (C=O) groups is 1. The molecule has 1 heterocycles. The molecule has 0 aliphatic carbocycles. The number of hydrogen-bond acceptors (Lipinski definition) is 4. The lowest BCUT2D eigenvalue weighted by atomic mass is 10.1. The van der Waals surface area contributed by atoms with E-state index in [4.69, 9.17) is 13.6 Å². The van der Waals surface area contributed by atoms with Crippen molar-refractivity contribution in [2.45, 2.75) is 45.8 Å². The highest BCUT2D eigenvalue weighted by atomic mass is 28.4. The molecule has 0 aliphatic rings. The maximum Gasteiger partial charge on any atom is 0.338 e. The molecule has 0 spiro atoms. The number of benzene rings is 2. The molecule has 28 heavy (non-hydrogen) atoms. The van der Waals surface area contributed by atoms with Crippen LogP contribution in [0.1, 0.15) is 38.1 Å². The number of carbonyl (C=O) groups excluding carboxylic acids is 1. The van der Waals surface area contributed by atoms with E-state index in [1.165, 1.54) is 0 Å². The molecule has 0 N–H and O–H groups in total. The fourth-order valence-corrected chi connectivity index (χ4v) is 3.72. The predicted octanol–water partition coefficient (Wildman–Crippen LogP) is 6.66. The number of furan rings is 1. The summed E-state index contributed by atoms with van der Waals surface area (Å²) < 4.78 is 17.9. The van der Waals surface area contributed by atoms with Crippen LogP contribution in [0.15, 0.2) is 52.9 Å². The summed E-state index contributed by atoms with van der Waals surface area (Å²) in [5.74, 6) is 1.05. The molecule has 4 nitrogen and oxygen atoms in total. The van der Waals surface area contributed by atoms with Gasteiger partial charge in [0.15, 0.2) is 0 Å². The van der Waals surface area contributed by atoms with Crippen LogP contribution in [0.25, 0.3) is 22.3 Å². The first kappa shape index (κ1) is 20.2. The van der Waals surface area contributed by atoms with Gasteiger partial charge in [0.1, 0.15) is 17.1 Å². The Morgan fingerprint density at radius 1 is 1.07 bits per heavy atom. The summed E-state index contributed by atoms with van der Waals surface area (Å²) in [6, 6.07) is 15.4. The van der Waals surface area contributed by atoms with E-state index in [9.17, 15) is 4.79 Å². The van der Waals surface area contributed by atoms with Gasteiger partial charge in [-0.15, -0.1) is 0 Å². The van der Waals surface area contributed by atoms with Crippen LogP contribution in [0.2, 0.25) is 18.1 Å². The second-order valence-electron chi connectivity index (χ2n) is 8.45. The molecule has 0 fully saturated rings. The number of fused-ring (bicyclic) bond motifs is 1. The van der Waals surface area contributed by atoms with E-state index < -0.39 is 8.32 Å². The van der Waals surface area contributed by atoms with Gasteiger partial charge < -0.3 is 13.6 Å². The zero-order valence-electron chi connectivity index (χ0n) is 17.5. The molecular formula is C23H28O4Si. The fraction of sp³-hybridized carbons (Fsp3) is 0.348. The third-order valence-corrected chi connectivity index (χ3v) is 9.68. The highest BCUT2D eigenvalue weighted by Gasteiger charge is 2.39. The Bertz CT molecular complexity index is 981. The Balaban J connectivity index is 2.15. The molecule has 148 valence electrons. The molecule has 0 saturated heterocycles. The summed E-state index contributed by atoms with van der Waals surface area (Å²) in [5.41, 5.74) is 2.05. The summed E-state index contributed by atoms with van der Waals surface area (Å²) >= 11 is 0. The maximum absolute atomic E-state index is 12.4. The summed E-state index contributed by atoms with van der Waals surface area (Å²) in [7, 11) is -2.10. The van der Waals surface area contributed by atoms with E-state index in [-0.39, 0.29) is 11.0 Å². The molecule has 0 amide bonds. The summed E-state index contributed by atoms with van der Waals surface area (Å²) in [5, 5.41) is 0.905. The van der Waals surface area contributed by atoms with Gasteiger partial charge in [0, 0.05) is 5.56 Å².